The van der Waals surface area contributed by atoms with E-state index in [1.807, 2.05) is 6.20 Å². The van der Waals surface area contributed by atoms with E-state index >= 15 is 0 Å². The largest absolute Gasteiger partial charge is 0.415 e. The average Bonchev–Trinajstić information content (AvgIpc) is 3.43. The van der Waals surface area contributed by atoms with E-state index in [1.54, 1.807) is 54.5 Å². The number of carbonyl (C=O) groups is 3. The highest BCUT2D eigenvalue weighted by Crippen LogP contribution is 2.23. The Kier molecular flexibility index (Phi) is 6.44. The monoisotopic (exact) mass is 463 g/mol. The van der Waals surface area contributed by atoms with Crippen LogP contribution in [-0.4, -0.2) is 56.7 Å². The van der Waals surface area contributed by atoms with Crippen molar-refractivity contribution in [3.8, 4) is 16.9 Å². The van der Waals surface area contributed by atoms with Gasteiger partial charge in [-0.1, -0.05) is 6.07 Å². The number of nitrogen functional groups attached to an aromatic ring is 1. The van der Waals surface area contributed by atoms with Crippen LogP contribution in [0.2, 0.25) is 0 Å². The van der Waals surface area contributed by atoms with Gasteiger partial charge in [0.15, 0.2) is 0 Å². The maximum Gasteiger partial charge on any atom is 0.415 e. The second-order valence-corrected chi connectivity index (χ2v) is 8.04. The third-order valence-corrected chi connectivity index (χ3v) is 5.34. The molecule has 3 heterocycles. The minimum atomic E-state index is -0.531. The molecule has 176 valence electrons. The molecule has 1 aliphatic rings. The number of hydrogen-bond acceptors (Lipinski definition) is 7. The summed E-state index contributed by atoms with van der Waals surface area (Å²) < 4.78 is 7.09. The molecule has 11 heteroatoms. The molecular formula is C23H25N7O4. The van der Waals surface area contributed by atoms with Gasteiger partial charge in [-0.15, -0.1) is 0 Å². The number of nitrogens with zero attached hydrogens (tertiary/aromatic N) is 4. The molecule has 1 aromatic carbocycles. The lowest BCUT2D eigenvalue weighted by Crippen LogP contribution is -2.39. The van der Waals surface area contributed by atoms with Gasteiger partial charge in [0.2, 0.25) is 5.91 Å². The topological polar surface area (TPSA) is 144 Å². The maximum absolute atomic E-state index is 12.9. The molecule has 0 saturated carbocycles. The molecule has 3 amide bonds. The molecule has 1 saturated heterocycles. The first kappa shape index (κ1) is 22.8. The zero-order valence-corrected chi connectivity index (χ0v) is 18.8. The first-order chi connectivity index (χ1) is 16.3. The van der Waals surface area contributed by atoms with Crippen molar-refractivity contribution >= 4 is 29.4 Å². The van der Waals surface area contributed by atoms with Crippen LogP contribution in [0.4, 0.5) is 16.3 Å². The van der Waals surface area contributed by atoms with Crippen LogP contribution in [0.1, 0.15) is 23.7 Å². The molecule has 11 nitrogen and oxygen atoms in total. The summed E-state index contributed by atoms with van der Waals surface area (Å²) >= 11 is 0. The molecule has 4 rings (SSSR count). The van der Waals surface area contributed by atoms with Crippen molar-refractivity contribution in [2.75, 3.05) is 24.1 Å². The van der Waals surface area contributed by atoms with Gasteiger partial charge in [0.05, 0.1) is 11.8 Å². The molecule has 1 atom stereocenters. The Bertz CT molecular complexity index is 1240. The number of carbonyl (C=O) groups excluding carboxylic acids is 3. The maximum atomic E-state index is 12.9. The van der Waals surface area contributed by atoms with Crippen LogP contribution in [0.25, 0.3) is 11.1 Å². The number of nitrogens with two attached hydrogens (primary N) is 1. The van der Waals surface area contributed by atoms with Crippen LogP contribution in [0.15, 0.2) is 48.9 Å². The van der Waals surface area contributed by atoms with E-state index in [2.05, 4.69) is 20.7 Å². The Morgan fingerprint density at radius 1 is 1.18 bits per heavy atom. The van der Waals surface area contributed by atoms with Gasteiger partial charge in [-0.3, -0.25) is 14.3 Å². The number of rotatable bonds is 5. The lowest BCUT2D eigenvalue weighted by atomic mass is 10.1. The third-order valence-electron chi connectivity index (χ3n) is 5.34. The zero-order valence-electron chi connectivity index (χ0n) is 18.8. The van der Waals surface area contributed by atoms with Gasteiger partial charge in [-0.2, -0.15) is 5.10 Å². The van der Waals surface area contributed by atoms with Crippen LogP contribution in [0.5, 0.6) is 5.75 Å². The number of benzene rings is 1. The second kappa shape index (κ2) is 9.61. The number of ether oxygens (including phenoxy) is 1. The van der Waals surface area contributed by atoms with Crippen molar-refractivity contribution < 1.29 is 19.1 Å². The van der Waals surface area contributed by atoms with Crippen molar-refractivity contribution in [3.05, 3.63) is 54.5 Å². The number of amides is 3. The number of aryl methyl sites for hydroxylation is 1. The quantitative estimate of drug-likeness (QED) is 0.525. The lowest BCUT2D eigenvalue weighted by molar-refractivity contribution is -0.114. The molecule has 3 aromatic rings. The Morgan fingerprint density at radius 2 is 2.00 bits per heavy atom. The van der Waals surface area contributed by atoms with Gasteiger partial charge in [0.25, 0.3) is 5.91 Å². The summed E-state index contributed by atoms with van der Waals surface area (Å²) in [5.41, 5.74) is 8.29. The van der Waals surface area contributed by atoms with E-state index in [0.717, 1.165) is 11.1 Å². The number of aromatic nitrogens is 3. The number of likely N-dealkylation sites (tertiary alicyclic amines) is 1. The number of pyridine rings is 1. The summed E-state index contributed by atoms with van der Waals surface area (Å²) in [7, 11) is 1.80. The molecular weight excluding hydrogens is 438 g/mol. The molecule has 2 aromatic heterocycles. The number of nitrogens with one attached hydrogen (secondary N) is 2. The van der Waals surface area contributed by atoms with Crippen molar-refractivity contribution in [2.24, 2.45) is 7.05 Å². The molecule has 4 N–H and O–H groups in total. The zero-order chi connectivity index (χ0) is 24.2. The van der Waals surface area contributed by atoms with Gasteiger partial charge >= 0.3 is 6.09 Å². The molecule has 1 fully saturated rings. The Balaban J connectivity index is 1.36. The molecule has 0 spiro atoms. The van der Waals surface area contributed by atoms with Crippen LogP contribution >= 0.6 is 0 Å². The van der Waals surface area contributed by atoms with E-state index in [4.69, 9.17) is 10.5 Å². The van der Waals surface area contributed by atoms with Crippen molar-refractivity contribution in [3.63, 3.8) is 0 Å². The van der Waals surface area contributed by atoms with E-state index in [0.29, 0.717) is 30.9 Å². The molecule has 34 heavy (non-hydrogen) atoms. The summed E-state index contributed by atoms with van der Waals surface area (Å²) in [6.07, 6.45) is 5.14. The molecule has 0 unspecified atom stereocenters. The van der Waals surface area contributed by atoms with Crippen molar-refractivity contribution in [1.29, 1.82) is 0 Å². The smallest absolute Gasteiger partial charge is 0.410 e. The summed E-state index contributed by atoms with van der Waals surface area (Å²) in [6, 6.07) is 8.00. The van der Waals surface area contributed by atoms with Crippen LogP contribution in [0, 0.1) is 0 Å². The predicted octanol–water partition coefficient (Wildman–Crippen LogP) is 2.03. The number of anilines is 2. The number of hydrogen-bond donors (Lipinski definition) is 3. The average molecular weight is 463 g/mol. The lowest BCUT2D eigenvalue weighted by Gasteiger charge is -2.17. The SMILES string of the molecule is CC(=O)Nc1cccc(OC(=O)N2CC[C@@H](NC(=O)c3cc(-c4cnn(C)c4)cnc3N)C2)c1. The first-order valence-corrected chi connectivity index (χ1v) is 10.7. The highest BCUT2D eigenvalue weighted by Gasteiger charge is 2.29. The fourth-order valence-electron chi connectivity index (χ4n) is 3.70. The highest BCUT2D eigenvalue weighted by molar-refractivity contribution is 5.99. The predicted molar refractivity (Wildman–Crippen MR) is 125 cm³/mol. The second-order valence-electron chi connectivity index (χ2n) is 8.04. The minimum absolute atomic E-state index is 0.124. The molecule has 1 aliphatic heterocycles. The molecule has 0 aliphatic carbocycles. The van der Waals surface area contributed by atoms with Crippen LogP contribution in [0.3, 0.4) is 0 Å². The standard InChI is InChI=1S/C23H25N7O4/c1-14(31)27-17-4-3-5-19(9-17)34-23(33)30-7-6-18(13-30)28-22(32)20-8-15(10-25-21(20)24)16-11-26-29(2)12-16/h3-5,8-12,18H,6-7,13H2,1-2H3,(H2,24,25)(H,27,31)(H,28,32)/t18-/m1/s1. The van der Waals surface area contributed by atoms with Crippen LogP contribution in [-0.2, 0) is 11.8 Å². The van der Waals surface area contributed by atoms with Crippen LogP contribution < -0.4 is 21.1 Å². The normalized spacial score (nSPS) is 15.1. The summed E-state index contributed by atoms with van der Waals surface area (Å²) in [5, 5.41) is 9.70. The fourth-order valence-corrected chi connectivity index (χ4v) is 3.70. The summed E-state index contributed by atoms with van der Waals surface area (Å²) in [5.74, 6) is -0.143. The van der Waals surface area contributed by atoms with Crippen molar-refractivity contribution in [2.45, 2.75) is 19.4 Å². The Morgan fingerprint density at radius 3 is 2.74 bits per heavy atom. The van der Waals surface area contributed by atoms with Gasteiger partial charge in [0.1, 0.15) is 11.6 Å². The highest BCUT2D eigenvalue weighted by atomic mass is 16.6. The van der Waals surface area contributed by atoms with Gasteiger partial charge in [-0.05, 0) is 24.6 Å². The Labute approximate surface area is 195 Å². The van der Waals surface area contributed by atoms with E-state index in [9.17, 15) is 14.4 Å². The Hall–Kier alpha value is -4.41. The fraction of sp³-hybridized carbons (Fsp3) is 0.261. The van der Waals surface area contributed by atoms with Gasteiger partial charge in [0, 0.05) is 68.4 Å². The minimum Gasteiger partial charge on any atom is -0.410 e. The molecule has 0 bridgehead atoms. The van der Waals surface area contributed by atoms with Gasteiger partial charge in [-0.25, -0.2) is 9.78 Å². The van der Waals surface area contributed by atoms with E-state index in [1.165, 1.54) is 11.8 Å². The van der Waals surface area contributed by atoms with E-state index in [-0.39, 0.29) is 29.2 Å². The van der Waals surface area contributed by atoms with E-state index < -0.39 is 6.09 Å². The summed E-state index contributed by atoms with van der Waals surface area (Å²) in [4.78, 5) is 42.3. The summed E-state index contributed by atoms with van der Waals surface area (Å²) in [6.45, 7) is 2.13. The molecule has 0 radical (unpaired) electrons. The first-order valence-electron chi connectivity index (χ1n) is 10.7. The van der Waals surface area contributed by atoms with Gasteiger partial charge < -0.3 is 26.0 Å². The third kappa shape index (κ3) is 5.31. The van der Waals surface area contributed by atoms with Crippen molar-refractivity contribution in [1.82, 2.24) is 25.0 Å².